The minimum Gasteiger partial charge on any atom is -0.465 e. The van der Waals surface area contributed by atoms with Gasteiger partial charge in [-0.2, -0.15) is 5.10 Å². The van der Waals surface area contributed by atoms with Crippen LogP contribution in [0.2, 0.25) is 0 Å². The van der Waals surface area contributed by atoms with Gasteiger partial charge in [-0.15, -0.1) is 24.0 Å². The van der Waals surface area contributed by atoms with Crippen LogP contribution in [-0.4, -0.2) is 53.4 Å². The Morgan fingerprint density at radius 2 is 2.29 bits per heavy atom. The van der Waals surface area contributed by atoms with Crippen molar-refractivity contribution in [3.8, 4) is 0 Å². The van der Waals surface area contributed by atoms with E-state index in [2.05, 4.69) is 28.4 Å². The Hall–Kier alpha value is -2.04. The number of hydrogen-bond donors (Lipinski definition) is 1. The van der Waals surface area contributed by atoms with Crippen molar-refractivity contribution < 1.29 is 13.9 Å². The minimum absolute atomic E-state index is 0. The molecule has 0 bridgehead atoms. The Kier molecular flexibility index (Phi) is 7.90. The average molecular weight is 501 g/mol. The van der Waals surface area contributed by atoms with Crippen molar-refractivity contribution in [3.63, 3.8) is 0 Å². The number of furan rings is 1. The lowest BCUT2D eigenvalue weighted by Gasteiger charge is -2.21. The van der Waals surface area contributed by atoms with Gasteiger partial charge in [-0.1, -0.05) is 0 Å². The number of nitrogens with zero attached hydrogens (tertiary/aromatic N) is 4. The molecule has 3 rings (SSSR count). The highest BCUT2D eigenvalue weighted by Crippen LogP contribution is 2.27. The lowest BCUT2D eigenvalue weighted by molar-refractivity contribution is 0.0599. The summed E-state index contributed by atoms with van der Waals surface area (Å²) in [6.07, 6.45) is 5.10. The Morgan fingerprint density at radius 1 is 1.50 bits per heavy atom. The van der Waals surface area contributed by atoms with Crippen LogP contribution in [0.4, 0.5) is 0 Å². The molecule has 154 valence electrons. The predicted molar refractivity (Wildman–Crippen MR) is 117 cm³/mol. The second-order valence-corrected chi connectivity index (χ2v) is 6.72. The monoisotopic (exact) mass is 501 g/mol. The summed E-state index contributed by atoms with van der Waals surface area (Å²) in [6.45, 7) is 6.81. The number of aryl methyl sites for hydroxylation is 2. The molecule has 0 aliphatic carbocycles. The summed E-state index contributed by atoms with van der Waals surface area (Å²) >= 11 is 0. The Balaban J connectivity index is 0.00000280. The third kappa shape index (κ3) is 5.06. The molecule has 1 atom stereocenters. The van der Waals surface area contributed by atoms with E-state index >= 15 is 0 Å². The van der Waals surface area contributed by atoms with Crippen LogP contribution in [0.25, 0.3) is 0 Å². The normalized spacial score (nSPS) is 16.8. The molecule has 1 aliphatic rings. The third-order valence-electron chi connectivity index (χ3n) is 4.78. The van der Waals surface area contributed by atoms with E-state index in [1.165, 1.54) is 12.7 Å². The molecule has 1 aliphatic heterocycles. The molecule has 0 aromatic carbocycles. The number of nitrogens with one attached hydrogen (secondary N) is 1. The van der Waals surface area contributed by atoms with Crippen LogP contribution in [0.1, 0.15) is 46.7 Å². The number of aliphatic imine (C=N–C) groups is 1. The highest BCUT2D eigenvalue weighted by atomic mass is 127. The van der Waals surface area contributed by atoms with Crippen molar-refractivity contribution in [2.75, 3.05) is 26.7 Å². The molecule has 1 unspecified atom stereocenters. The summed E-state index contributed by atoms with van der Waals surface area (Å²) in [5, 5.41) is 7.63. The van der Waals surface area contributed by atoms with Crippen molar-refractivity contribution in [1.29, 1.82) is 0 Å². The van der Waals surface area contributed by atoms with Gasteiger partial charge in [0.1, 0.15) is 23.6 Å². The molecule has 8 nitrogen and oxygen atoms in total. The lowest BCUT2D eigenvalue weighted by Crippen LogP contribution is -2.39. The second-order valence-electron chi connectivity index (χ2n) is 6.72. The number of aromatic nitrogens is 2. The van der Waals surface area contributed by atoms with Gasteiger partial charge in [-0.25, -0.2) is 9.79 Å². The summed E-state index contributed by atoms with van der Waals surface area (Å²) in [4.78, 5) is 18.7. The first kappa shape index (κ1) is 22.3. The van der Waals surface area contributed by atoms with Crippen LogP contribution in [0.5, 0.6) is 0 Å². The summed E-state index contributed by atoms with van der Waals surface area (Å²) in [5.74, 6) is 2.12. The molecule has 1 saturated heterocycles. The van der Waals surface area contributed by atoms with Crippen LogP contribution in [0.3, 0.4) is 0 Å². The Bertz CT molecular complexity index is 829. The minimum atomic E-state index is -0.391. The van der Waals surface area contributed by atoms with E-state index in [1.54, 1.807) is 13.0 Å². The molecular weight excluding hydrogens is 473 g/mol. The van der Waals surface area contributed by atoms with E-state index in [4.69, 9.17) is 14.1 Å². The second kappa shape index (κ2) is 9.94. The van der Waals surface area contributed by atoms with Crippen LogP contribution in [0.15, 0.2) is 27.9 Å². The number of ether oxygens (including phenoxy) is 1. The standard InChI is InChI=1S/C19H27N5O3.HI/c1-5-20-19(21-10-16-8-17(13(2)27-16)18(25)26-4)24-7-6-14(12-24)15-9-22-23(3)11-15;/h8-9,11,14H,5-7,10,12H2,1-4H3,(H,20,21);1H. The third-order valence-corrected chi connectivity index (χ3v) is 4.78. The highest BCUT2D eigenvalue weighted by molar-refractivity contribution is 14.0. The van der Waals surface area contributed by atoms with Gasteiger partial charge >= 0.3 is 5.97 Å². The van der Waals surface area contributed by atoms with Gasteiger partial charge < -0.3 is 19.4 Å². The van der Waals surface area contributed by atoms with Crippen molar-refractivity contribution in [2.45, 2.75) is 32.7 Å². The van der Waals surface area contributed by atoms with Gasteiger partial charge in [-0.3, -0.25) is 4.68 Å². The molecule has 9 heteroatoms. The summed E-state index contributed by atoms with van der Waals surface area (Å²) in [6, 6.07) is 1.71. The number of methoxy groups -OCH3 is 1. The van der Waals surface area contributed by atoms with Crippen molar-refractivity contribution in [3.05, 3.63) is 41.1 Å². The molecule has 28 heavy (non-hydrogen) atoms. The van der Waals surface area contributed by atoms with Crippen molar-refractivity contribution in [1.82, 2.24) is 20.0 Å². The lowest BCUT2D eigenvalue weighted by atomic mass is 10.0. The quantitative estimate of drug-likeness (QED) is 0.294. The first-order valence-electron chi connectivity index (χ1n) is 9.21. The number of esters is 1. The number of carbonyl (C=O) groups excluding carboxylic acids is 1. The number of likely N-dealkylation sites (tertiary alicyclic amines) is 1. The SMILES string of the molecule is CCNC(=NCc1cc(C(=O)OC)c(C)o1)N1CCC(c2cnn(C)c2)C1.I. The zero-order chi connectivity index (χ0) is 19.4. The average Bonchev–Trinajstić information content (AvgIpc) is 3.37. The number of carbonyl (C=O) groups is 1. The van der Waals surface area contributed by atoms with Gasteiger partial charge in [0.15, 0.2) is 5.96 Å². The van der Waals surface area contributed by atoms with E-state index in [0.29, 0.717) is 29.5 Å². The van der Waals surface area contributed by atoms with Crippen LogP contribution < -0.4 is 5.32 Å². The highest BCUT2D eigenvalue weighted by Gasteiger charge is 2.27. The maximum atomic E-state index is 11.7. The van der Waals surface area contributed by atoms with Gasteiger partial charge in [-0.05, 0) is 31.9 Å². The fraction of sp³-hybridized carbons (Fsp3) is 0.526. The zero-order valence-electron chi connectivity index (χ0n) is 16.8. The fourth-order valence-corrected chi connectivity index (χ4v) is 3.39. The first-order chi connectivity index (χ1) is 13.0. The maximum Gasteiger partial charge on any atom is 0.341 e. The van der Waals surface area contributed by atoms with Crippen LogP contribution >= 0.6 is 24.0 Å². The van der Waals surface area contributed by atoms with E-state index in [1.807, 2.05) is 17.9 Å². The van der Waals surface area contributed by atoms with E-state index in [9.17, 15) is 4.79 Å². The molecule has 0 amide bonds. The van der Waals surface area contributed by atoms with Gasteiger partial charge in [0, 0.05) is 38.8 Å². The molecule has 2 aromatic heterocycles. The molecule has 0 spiro atoms. The number of rotatable bonds is 5. The molecule has 1 fully saturated rings. The largest absolute Gasteiger partial charge is 0.465 e. The molecule has 1 N–H and O–H groups in total. The van der Waals surface area contributed by atoms with E-state index in [-0.39, 0.29) is 24.0 Å². The summed E-state index contributed by atoms with van der Waals surface area (Å²) in [5.41, 5.74) is 1.71. The van der Waals surface area contributed by atoms with Crippen molar-refractivity contribution >= 4 is 35.9 Å². The molecule has 2 aromatic rings. The first-order valence-corrected chi connectivity index (χ1v) is 9.21. The molecular formula is C19H28IN5O3. The fourth-order valence-electron chi connectivity index (χ4n) is 3.39. The smallest absolute Gasteiger partial charge is 0.341 e. The molecule has 0 saturated carbocycles. The van der Waals surface area contributed by atoms with E-state index < -0.39 is 5.97 Å². The Morgan fingerprint density at radius 3 is 2.93 bits per heavy atom. The molecule has 0 radical (unpaired) electrons. The van der Waals surface area contributed by atoms with Gasteiger partial charge in [0.25, 0.3) is 0 Å². The van der Waals surface area contributed by atoms with Gasteiger partial charge in [0.05, 0.1) is 13.3 Å². The number of guanidine groups is 1. The zero-order valence-corrected chi connectivity index (χ0v) is 19.1. The summed E-state index contributed by atoms with van der Waals surface area (Å²) in [7, 11) is 3.30. The number of hydrogen-bond acceptors (Lipinski definition) is 5. The number of halogens is 1. The van der Waals surface area contributed by atoms with E-state index in [0.717, 1.165) is 32.0 Å². The van der Waals surface area contributed by atoms with Gasteiger partial charge in [0.2, 0.25) is 0 Å². The molecule has 3 heterocycles. The van der Waals surface area contributed by atoms with Crippen LogP contribution in [-0.2, 0) is 18.3 Å². The van der Waals surface area contributed by atoms with Crippen molar-refractivity contribution in [2.24, 2.45) is 12.0 Å². The predicted octanol–water partition coefficient (Wildman–Crippen LogP) is 2.68. The Labute approximate surface area is 182 Å². The maximum absolute atomic E-state index is 11.7. The van der Waals surface area contributed by atoms with Crippen LogP contribution in [0, 0.1) is 6.92 Å². The summed E-state index contributed by atoms with van der Waals surface area (Å²) < 4.78 is 12.3. The topological polar surface area (TPSA) is 84.9 Å².